The molecule has 1 atom stereocenters. The summed E-state index contributed by atoms with van der Waals surface area (Å²) in [4.78, 5) is 8.09. The van der Waals surface area contributed by atoms with Crippen LogP contribution in [-0.4, -0.2) is 26.1 Å². The van der Waals surface area contributed by atoms with Crippen LogP contribution in [0.25, 0.3) is 5.78 Å². The van der Waals surface area contributed by atoms with E-state index in [0.717, 1.165) is 12.4 Å². The standard InChI is InChI=1S/C11H16ClN5/c1-7(2)8(3)5-13-10-4-9(12)16-11-14-6-15-17(10)11/h4,6-8,13H,5H2,1-3H3. The van der Waals surface area contributed by atoms with E-state index >= 15 is 0 Å². The molecular formula is C11H16ClN5. The van der Waals surface area contributed by atoms with E-state index in [0.29, 0.717) is 22.8 Å². The lowest BCUT2D eigenvalue weighted by atomic mass is 9.98. The second-order valence-corrected chi connectivity index (χ2v) is 4.93. The maximum atomic E-state index is 5.93. The molecule has 5 nitrogen and oxygen atoms in total. The van der Waals surface area contributed by atoms with E-state index in [1.807, 2.05) is 0 Å². The van der Waals surface area contributed by atoms with Crippen molar-refractivity contribution in [3.8, 4) is 0 Å². The minimum Gasteiger partial charge on any atom is -0.370 e. The monoisotopic (exact) mass is 253 g/mol. The third-order valence-corrected chi connectivity index (χ3v) is 3.16. The normalized spacial score (nSPS) is 13.2. The van der Waals surface area contributed by atoms with Crippen molar-refractivity contribution in [2.75, 3.05) is 11.9 Å². The molecule has 2 heterocycles. The Labute approximate surface area is 105 Å². The molecule has 2 aromatic heterocycles. The quantitative estimate of drug-likeness (QED) is 0.851. The lowest BCUT2D eigenvalue weighted by Crippen LogP contribution is -2.18. The molecule has 0 amide bonds. The molecule has 1 N–H and O–H groups in total. The summed E-state index contributed by atoms with van der Waals surface area (Å²) in [5.41, 5.74) is 0. The molecule has 2 rings (SSSR count). The summed E-state index contributed by atoms with van der Waals surface area (Å²) in [6.07, 6.45) is 1.47. The zero-order valence-corrected chi connectivity index (χ0v) is 10.9. The summed E-state index contributed by atoms with van der Waals surface area (Å²) < 4.78 is 1.65. The number of hydrogen-bond acceptors (Lipinski definition) is 4. The Morgan fingerprint density at radius 1 is 1.41 bits per heavy atom. The fourth-order valence-corrected chi connectivity index (χ4v) is 1.59. The lowest BCUT2D eigenvalue weighted by Gasteiger charge is -2.17. The first-order valence-electron chi connectivity index (χ1n) is 5.68. The van der Waals surface area contributed by atoms with Crippen LogP contribution in [0, 0.1) is 11.8 Å². The van der Waals surface area contributed by atoms with Crippen LogP contribution in [-0.2, 0) is 0 Å². The minimum atomic E-state index is 0.421. The molecule has 92 valence electrons. The highest BCUT2D eigenvalue weighted by Gasteiger charge is 2.10. The Balaban J connectivity index is 2.20. The first-order chi connectivity index (χ1) is 8.08. The Morgan fingerprint density at radius 2 is 2.18 bits per heavy atom. The van der Waals surface area contributed by atoms with Crippen molar-refractivity contribution in [2.45, 2.75) is 20.8 Å². The molecule has 0 fully saturated rings. The van der Waals surface area contributed by atoms with Crippen LogP contribution < -0.4 is 5.32 Å². The first kappa shape index (κ1) is 12.1. The van der Waals surface area contributed by atoms with Crippen LogP contribution in [0.5, 0.6) is 0 Å². The zero-order valence-electron chi connectivity index (χ0n) is 10.2. The average Bonchev–Trinajstić information content (AvgIpc) is 2.72. The highest BCUT2D eigenvalue weighted by Crippen LogP contribution is 2.16. The summed E-state index contributed by atoms with van der Waals surface area (Å²) in [6.45, 7) is 7.49. The second kappa shape index (κ2) is 4.87. The molecule has 0 aliphatic carbocycles. The van der Waals surface area contributed by atoms with Crippen LogP contribution in [0.1, 0.15) is 20.8 Å². The number of anilines is 1. The van der Waals surface area contributed by atoms with Gasteiger partial charge in [-0.3, -0.25) is 0 Å². The van der Waals surface area contributed by atoms with Gasteiger partial charge in [0.1, 0.15) is 17.3 Å². The van der Waals surface area contributed by atoms with Gasteiger partial charge in [-0.25, -0.2) is 0 Å². The van der Waals surface area contributed by atoms with E-state index in [-0.39, 0.29) is 0 Å². The van der Waals surface area contributed by atoms with Crippen LogP contribution in [0.15, 0.2) is 12.4 Å². The van der Waals surface area contributed by atoms with Crippen molar-refractivity contribution in [3.63, 3.8) is 0 Å². The van der Waals surface area contributed by atoms with Crippen molar-refractivity contribution in [3.05, 3.63) is 17.5 Å². The number of rotatable bonds is 4. The van der Waals surface area contributed by atoms with Gasteiger partial charge in [0, 0.05) is 12.6 Å². The number of halogens is 1. The summed E-state index contributed by atoms with van der Waals surface area (Å²) in [7, 11) is 0. The van der Waals surface area contributed by atoms with Gasteiger partial charge in [-0.1, -0.05) is 32.4 Å². The van der Waals surface area contributed by atoms with Crippen molar-refractivity contribution < 1.29 is 0 Å². The molecule has 0 radical (unpaired) electrons. The van der Waals surface area contributed by atoms with Gasteiger partial charge in [-0.15, -0.1) is 0 Å². The van der Waals surface area contributed by atoms with Gasteiger partial charge in [-0.2, -0.15) is 19.6 Å². The van der Waals surface area contributed by atoms with Crippen molar-refractivity contribution in [2.24, 2.45) is 11.8 Å². The second-order valence-electron chi connectivity index (χ2n) is 4.54. The minimum absolute atomic E-state index is 0.421. The van der Waals surface area contributed by atoms with Crippen LogP contribution in [0.4, 0.5) is 5.82 Å². The molecule has 0 aliphatic heterocycles. The third kappa shape index (κ3) is 2.66. The third-order valence-electron chi connectivity index (χ3n) is 2.96. The van der Waals surface area contributed by atoms with E-state index < -0.39 is 0 Å². The zero-order chi connectivity index (χ0) is 12.4. The van der Waals surface area contributed by atoms with Crippen molar-refractivity contribution >= 4 is 23.2 Å². The molecule has 0 saturated carbocycles. The number of fused-ring (bicyclic) bond motifs is 1. The van der Waals surface area contributed by atoms with Crippen LogP contribution in [0.3, 0.4) is 0 Å². The van der Waals surface area contributed by atoms with Gasteiger partial charge in [0.2, 0.25) is 0 Å². The van der Waals surface area contributed by atoms with Crippen LogP contribution >= 0.6 is 11.6 Å². The number of aromatic nitrogens is 4. The van der Waals surface area contributed by atoms with Gasteiger partial charge in [0.15, 0.2) is 0 Å². The fraction of sp³-hybridized carbons (Fsp3) is 0.545. The molecule has 0 aromatic carbocycles. The topological polar surface area (TPSA) is 55.1 Å². The summed E-state index contributed by atoms with van der Waals surface area (Å²) in [5, 5.41) is 7.86. The van der Waals surface area contributed by atoms with E-state index in [4.69, 9.17) is 11.6 Å². The van der Waals surface area contributed by atoms with Crippen LogP contribution in [0.2, 0.25) is 5.15 Å². The molecule has 0 saturated heterocycles. The molecular weight excluding hydrogens is 238 g/mol. The van der Waals surface area contributed by atoms with E-state index in [2.05, 4.69) is 41.2 Å². The van der Waals surface area contributed by atoms with Gasteiger partial charge in [0.05, 0.1) is 0 Å². The van der Waals surface area contributed by atoms with Gasteiger partial charge in [0.25, 0.3) is 5.78 Å². The SMILES string of the molecule is CC(C)C(C)CNc1cc(Cl)nc2ncnn12. The summed E-state index contributed by atoms with van der Waals surface area (Å²) >= 11 is 5.93. The predicted molar refractivity (Wildman–Crippen MR) is 68.3 cm³/mol. The Morgan fingerprint density at radius 3 is 2.88 bits per heavy atom. The maximum absolute atomic E-state index is 5.93. The fourth-order valence-electron chi connectivity index (χ4n) is 1.41. The van der Waals surface area contributed by atoms with E-state index in [9.17, 15) is 0 Å². The lowest BCUT2D eigenvalue weighted by molar-refractivity contribution is 0.439. The predicted octanol–water partition coefficient (Wildman–Crippen LogP) is 2.48. The Kier molecular flexibility index (Phi) is 3.47. The molecule has 0 aliphatic rings. The smallest absolute Gasteiger partial charge is 0.255 e. The maximum Gasteiger partial charge on any atom is 0.255 e. The summed E-state index contributed by atoms with van der Waals surface area (Å²) in [6, 6.07) is 1.76. The van der Waals surface area contributed by atoms with Gasteiger partial charge >= 0.3 is 0 Å². The first-order valence-corrected chi connectivity index (χ1v) is 6.06. The summed E-state index contributed by atoms with van der Waals surface area (Å²) in [5.74, 6) is 2.54. The Bertz CT molecular complexity index is 508. The number of hydrogen-bond donors (Lipinski definition) is 1. The Hall–Kier alpha value is -1.36. The van der Waals surface area contributed by atoms with E-state index in [1.165, 1.54) is 6.33 Å². The van der Waals surface area contributed by atoms with Gasteiger partial charge in [-0.05, 0) is 11.8 Å². The largest absolute Gasteiger partial charge is 0.370 e. The average molecular weight is 254 g/mol. The van der Waals surface area contributed by atoms with Crippen molar-refractivity contribution in [1.82, 2.24) is 19.6 Å². The highest BCUT2D eigenvalue weighted by molar-refractivity contribution is 6.29. The molecule has 0 bridgehead atoms. The molecule has 0 spiro atoms. The van der Waals surface area contributed by atoms with E-state index in [1.54, 1.807) is 10.6 Å². The molecule has 17 heavy (non-hydrogen) atoms. The number of nitrogens with zero attached hydrogens (tertiary/aromatic N) is 4. The molecule has 6 heteroatoms. The van der Waals surface area contributed by atoms with Crippen molar-refractivity contribution in [1.29, 1.82) is 0 Å². The molecule has 1 unspecified atom stereocenters. The number of nitrogens with one attached hydrogen (secondary N) is 1. The van der Waals surface area contributed by atoms with Gasteiger partial charge < -0.3 is 5.32 Å². The molecule has 2 aromatic rings. The highest BCUT2D eigenvalue weighted by atomic mass is 35.5.